The first-order valence-corrected chi connectivity index (χ1v) is 4.00. The van der Waals surface area contributed by atoms with E-state index in [1.165, 1.54) is 10.8 Å². The van der Waals surface area contributed by atoms with Crippen molar-refractivity contribution in [2.24, 2.45) is 0 Å². The molecule has 1 heterocycles. The summed E-state index contributed by atoms with van der Waals surface area (Å²) >= 11 is 0. The van der Waals surface area contributed by atoms with Gasteiger partial charge >= 0.3 is 0 Å². The molecule has 0 saturated carbocycles. The molecule has 0 aliphatic heterocycles. The van der Waals surface area contributed by atoms with E-state index >= 15 is 0 Å². The third kappa shape index (κ3) is 1.62. The van der Waals surface area contributed by atoms with Crippen LogP contribution < -0.4 is 10.6 Å². The number of allylic oxidation sites excluding steroid dienone is 1. The van der Waals surface area contributed by atoms with E-state index in [4.69, 9.17) is 0 Å². The number of rotatable bonds is 1. The van der Waals surface area contributed by atoms with Gasteiger partial charge in [-0.05, 0) is 36.8 Å². The minimum atomic E-state index is 0.993. The van der Waals surface area contributed by atoms with Gasteiger partial charge in [0.15, 0.2) is 0 Å². The SMILES string of the molecule is C=C/C=c1/nccc(C)/c1=C/C. The zero-order valence-corrected chi connectivity index (χ0v) is 7.54. The number of hydrogen-bond acceptors (Lipinski definition) is 1. The van der Waals surface area contributed by atoms with Crippen LogP contribution in [0.2, 0.25) is 0 Å². The Balaban J connectivity index is 3.61. The first kappa shape index (κ1) is 8.72. The quantitative estimate of drug-likeness (QED) is 0.599. The van der Waals surface area contributed by atoms with Crippen LogP contribution in [0.15, 0.2) is 24.9 Å². The van der Waals surface area contributed by atoms with Crippen molar-refractivity contribution >= 4 is 12.2 Å². The van der Waals surface area contributed by atoms with Crippen molar-refractivity contribution in [2.75, 3.05) is 0 Å². The normalized spacial score (nSPS) is 13.5. The molecule has 12 heavy (non-hydrogen) atoms. The number of aryl methyl sites for hydroxylation is 1. The van der Waals surface area contributed by atoms with Gasteiger partial charge < -0.3 is 0 Å². The molecule has 0 fully saturated rings. The monoisotopic (exact) mass is 159 g/mol. The standard InChI is InChI=1S/C11H13N/c1-4-6-11-10(5-2)9(3)7-8-12-11/h4-8H,1H2,2-3H3/b10-5-,11-6+. The van der Waals surface area contributed by atoms with Gasteiger partial charge in [-0.1, -0.05) is 18.7 Å². The topological polar surface area (TPSA) is 12.9 Å². The summed E-state index contributed by atoms with van der Waals surface area (Å²) in [4.78, 5) is 4.24. The summed E-state index contributed by atoms with van der Waals surface area (Å²) in [6.07, 6.45) is 7.56. The molecular formula is C11H13N. The third-order valence-corrected chi connectivity index (χ3v) is 1.80. The van der Waals surface area contributed by atoms with Gasteiger partial charge in [0.1, 0.15) is 0 Å². The molecule has 0 spiro atoms. The zero-order valence-electron chi connectivity index (χ0n) is 7.54. The van der Waals surface area contributed by atoms with Crippen LogP contribution in [0.25, 0.3) is 12.2 Å². The number of hydrogen-bond donors (Lipinski definition) is 0. The van der Waals surface area contributed by atoms with E-state index in [0.29, 0.717) is 0 Å². The van der Waals surface area contributed by atoms with Crippen LogP contribution in [0, 0.1) is 6.92 Å². The summed E-state index contributed by atoms with van der Waals surface area (Å²) in [5.41, 5.74) is 1.25. The third-order valence-electron chi connectivity index (χ3n) is 1.80. The highest BCUT2D eigenvalue weighted by atomic mass is 14.6. The van der Waals surface area contributed by atoms with Gasteiger partial charge in [-0.3, -0.25) is 4.98 Å². The zero-order chi connectivity index (χ0) is 8.97. The van der Waals surface area contributed by atoms with E-state index in [-0.39, 0.29) is 0 Å². The molecule has 0 atom stereocenters. The van der Waals surface area contributed by atoms with Crippen molar-refractivity contribution < 1.29 is 0 Å². The molecule has 1 nitrogen and oxygen atoms in total. The number of pyridine rings is 1. The molecule has 62 valence electrons. The van der Waals surface area contributed by atoms with Crippen molar-refractivity contribution in [3.05, 3.63) is 41.0 Å². The second kappa shape index (κ2) is 3.86. The van der Waals surface area contributed by atoms with Crippen molar-refractivity contribution in [3.8, 4) is 0 Å². The second-order valence-corrected chi connectivity index (χ2v) is 2.62. The maximum absolute atomic E-state index is 4.24. The summed E-state index contributed by atoms with van der Waals surface area (Å²) < 4.78 is 0. The van der Waals surface area contributed by atoms with E-state index in [1.807, 2.05) is 25.3 Å². The molecule has 0 aliphatic rings. The Labute approximate surface area is 72.8 Å². The van der Waals surface area contributed by atoms with Crippen molar-refractivity contribution in [1.82, 2.24) is 4.98 Å². The first-order valence-electron chi connectivity index (χ1n) is 4.00. The minimum absolute atomic E-state index is 0.993. The second-order valence-electron chi connectivity index (χ2n) is 2.62. The summed E-state index contributed by atoms with van der Waals surface area (Å²) in [6.45, 7) is 7.75. The van der Waals surface area contributed by atoms with E-state index < -0.39 is 0 Å². The van der Waals surface area contributed by atoms with Crippen LogP contribution in [-0.2, 0) is 0 Å². The fourth-order valence-corrected chi connectivity index (χ4v) is 1.21. The number of nitrogens with zero attached hydrogens (tertiary/aromatic N) is 1. The van der Waals surface area contributed by atoms with Crippen LogP contribution in [-0.4, -0.2) is 4.98 Å². The number of aromatic nitrogens is 1. The van der Waals surface area contributed by atoms with Crippen molar-refractivity contribution in [1.29, 1.82) is 0 Å². The molecule has 1 aromatic heterocycles. The average molecular weight is 159 g/mol. The van der Waals surface area contributed by atoms with Gasteiger partial charge in [-0.15, -0.1) is 0 Å². The highest BCUT2D eigenvalue weighted by Crippen LogP contribution is 1.80. The van der Waals surface area contributed by atoms with Gasteiger partial charge in [0.2, 0.25) is 0 Å². The van der Waals surface area contributed by atoms with Gasteiger partial charge in [0, 0.05) is 6.20 Å². The lowest BCUT2D eigenvalue weighted by molar-refractivity contribution is 1.18. The Bertz CT molecular complexity index is 388. The maximum Gasteiger partial charge on any atom is 0.0701 e. The smallest absolute Gasteiger partial charge is 0.0701 e. The van der Waals surface area contributed by atoms with Crippen LogP contribution in [0.4, 0.5) is 0 Å². The summed E-state index contributed by atoms with van der Waals surface area (Å²) in [6, 6.07) is 2.01. The highest BCUT2D eigenvalue weighted by Gasteiger charge is 1.87. The van der Waals surface area contributed by atoms with E-state index in [9.17, 15) is 0 Å². The molecule has 0 aliphatic carbocycles. The fourth-order valence-electron chi connectivity index (χ4n) is 1.21. The summed E-state index contributed by atoms with van der Waals surface area (Å²) in [7, 11) is 0. The lowest BCUT2D eigenvalue weighted by atomic mass is 10.2. The summed E-state index contributed by atoms with van der Waals surface area (Å²) in [5, 5.41) is 2.19. The van der Waals surface area contributed by atoms with Crippen LogP contribution in [0.5, 0.6) is 0 Å². The minimum Gasteiger partial charge on any atom is -0.256 e. The van der Waals surface area contributed by atoms with Gasteiger partial charge in [0.25, 0.3) is 0 Å². The predicted molar refractivity (Wildman–Crippen MR) is 53.0 cm³/mol. The predicted octanol–water partition coefficient (Wildman–Crippen LogP) is 1.16. The maximum atomic E-state index is 4.24. The van der Waals surface area contributed by atoms with Gasteiger partial charge in [0.05, 0.1) is 5.35 Å². The van der Waals surface area contributed by atoms with Crippen molar-refractivity contribution in [3.63, 3.8) is 0 Å². The molecule has 0 unspecified atom stereocenters. The largest absolute Gasteiger partial charge is 0.256 e. The summed E-state index contributed by atoms with van der Waals surface area (Å²) in [5.74, 6) is 0. The fraction of sp³-hybridized carbons (Fsp3) is 0.182. The molecule has 1 heteroatoms. The first-order chi connectivity index (χ1) is 5.79. The molecule has 0 amide bonds. The van der Waals surface area contributed by atoms with Gasteiger partial charge in [-0.2, -0.15) is 0 Å². The lowest BCUT2D eigenvalue weighted by Gasteiger charge is -1.93. The van der Waals surface area contributed by atoms with E-state index in [2.05, 4.69) is 24.6 Å². The Kier molecular flexibility index (Phi) is 2.81. The Morgan fingerprint density at radius 3 is 2.83 bits per heavy atom. The average Bonchev–Trinajstić information content (AvgIpc) is 2.05. The van der Waals surface area contributed by atoms with E-state index in [1.54, 1.807) is 6.08 Å². The van der Waals surface area contributed by atoms with Crippen molar-refractivity contribution in [2.45, 2.75) is 13.8 Å². The molecule has 0 N–H and O–H groups in total. The Morgan fingerprint density at radius 1 is 1.50 bits per heavy atom. The molecule has 0 bridgehead atoms. The van der Waals surface area contributed by atoms with Gasteiger partial charge in [-0.25, -0.2) is 0 Å². The van der Waals surface area contributed by atoms with Crippen LogP contribution in [0.1, 0.15) is 12.5 Å². The molecular weight excluding hydrogens is 146 g/mol. The highest BCUT2D eigenvalue weighted by molar-refractivity contribution is 5.37. The van der Waals surface area contributed by atoms with Crippen LogP contribution in [0.3, 0.4) is 0 Å². The lowest BCUT2D eigenvalue weighted by Crippen LogP contribution is -2.29. The molecule has 0 saturated heterocycles. The van der Waals surface area contributed by atoms with Crippen LogP contribution >= 0.6 is 0 Å². The molecule has 1 rings (SSSR count). The molecule has 0 radical (unpaired) electrons. The molecule has 1 aromatic rings. The Hall–Kier alpha value is -1.37. The van der Waals surface area contributed by atoms with E-state index in [0.717, 1.165) is 5.35 Å². The molecule has 0 aromatic carbocycles. The Morgan fingerprint density at radius 2 is 2.25 bits per heavy atom.